The van der Waals surface area contributed by atoms with Gasteiger partial charge in [-0.25, -0.2) is 9.59 Å². The summed E-state index contributed by atoms with van der Waals surface area (Å²) in [4.78, 5) is 21.3. The van der Waals surface area contributed by atoms with Crippen molar-refractivity contribution in [3.8, 4) is 0 Å². The normalized spacial score (nSPS) is 11.1. The van der Waals surface area contributed by atoms with Crippen molar-refractivity contribution in [3.05, 3.63) is 24.0 Å². The molecule has 0 radical (unpaired) electrons. The van der Waals surface area contributed by atoms with Gasteiger partial charge in [0.15, 0.2) is 0 Å². The van der Waals surface area contributed by atoms with Gasteiger partial charge in [-0.3, -0.25) is 0 Å². The van der Waals surface area contributed by atoms with Gasteiger partial charge >= 0.3 is 11.9 Å². The van der Waals surface area contributed by atoms with E-state index >= 15 is 0 Å². The lowest BCUT2D eigenvalue weighted by molar-refractivity contribution is -0.159. The maximum atomic E-state index is 9.10. The number of aromatic nitrogens is 1. The molecule has 1 heterocycles. The van der Waals surface area contributed by atoms with Gasteiger partial charge in [-0.05, 0) is 26.1 Å². The molecule has 0 fully saturated rings. The fourth-order valence-electron chi connectivity index (χ4n) is 0.769. The summed E-state index contributed by atoms with van der Waals surface area (Å²) in [5.74, 6) is -3.65. The summed E-state index contributed by atoms with van der Waals surface area (Å²) >= 11 is 0. The molecule has 0 spiro atoms. The SMILES string of the molecule is CNC(C)c1ccc[nH]1.O=C(O)C(=O)O. The maximum Gasteiger partial charge on any atom is 0.414 e. The number of hydrogen-bond donors (Lipinski definition) is 4. The van der Waals surface area contributed by atoms with Crippen molar-refractivity contribution in [2.24, 2.45) is 0 Å². The fourth-order valence-corrected chi connectivity index (χ4v) is 0.769. The van der Waals surface area contributed by atoms with Crippen LogP contribution in [0.25, 0.3) is 0 Å². The van der Waals surface area contributed by atoms with Crippen LogP contribution in [-0.2, 0) is 9.59 Å². The number of carbonyl (C=O) groups is 2. The first-order valence-corrected chi connectivity index (χ1v) is 4.25. The van der Waals surface area contributed by atoms with Crippen LogP contribution < -0.4 is 5.32 Å². The highest BCUT2D eigenvalue weighted by Crippen LogP contribution is 2.06. The second kappa shape index (κ2) is 6.61. The molecule has 0 aliphatic rings. The van der Waals surface area contributed by atoms with Gasteiger partial charge in [0, 0.05) is 17.9 Å². The van der Waals surface area contributed by atoms with Gasteiger partial charge in [-0.15, -0.1) is 0 Å². The molecule has 1 atom stereocenters. The smallest absolute Gasteiger partial charge is 0.414 e. The zero-order chi connectivity index (χ0) is 11.8. The van der Waals surface area contributed by atoms with Crippen LogP contribution in [-0.4, -0.2) is 34.2 Å². The van der Waals surface area contributed by atoms with E-state index in [0.29, 0.717) is 6.04 Å². The van der Waals surface area contributed by atoms with Crippen molar-refractivity contribution in [2.45, 2.75) is 13.0 Å². The third kappa shape index (κ3) is 5.48. The topological polar surface area (TPSA) is 102 Å². The summed E-state index contributed by atoms with van der Waals surface area (Å²) in [7, 11) is 1.95. The van der Waals surface area contributed by atoms with Gasteiger partial charge in [-0.1, -0.05) is 0 Å². The summed E-state index contributed by atoms with van der Waals surface area (Å²) in [6.07, 6.45) is 1.93. The summed E-state index contributed by atoms with van der Waals surface area (Å²) in [6, 6.07) is 4.50. The van der Waals surface area contributed by atoms with Crippen LogP contribution in [0.5, 0.6) is 0 Å². The summed E-state index contributed by atoms with van der Waals surface area (Å²) in [6.45, 7) is 2.12. The fraction of sp³-hybridized carbons (Fsp3) is 0.333. The van der Waals surface area contributed by atoms with Crippen molar-refractivity contribution in [1.29, 1.82) is 0 Å². The van der Waals surface area contributed by atoms with E-state index in [1.54, 1.807) is 0 Å². The number of H-pyrrole nitrogens is 1. The molecule has 1 unspecified atom stereocenters. The zero-order valence-electron chi connectivity index (χ0n) is 8.52. The molecule has 0 aliphatic heterocycles. The van der Waals surface area contributed by atoms with Crippen LogP contribution in [0.3, 0.4) is 0 Å². The molecule has 6 heteroatoms. The lowest BCUT2D eigenvalue weighted by Gasteiger charge is -2.05. The second-order valence-corrected chi connectivity index (χ2v) is 2.75. The highest BCUT2D eigenvalue weighted by molar-refractivity contribution is 6.27. The van der Waals surface area contributed by atoms with Gasteiger partial charge < -0.3 is 20.5 Å². The van der Waals surface area contributed by atoms with E-state index in [2.05, 4.69) is 23.3 Å². The van der Waals surface area contributed by atoms with Gasteiger partial charge in [-0.2, -0.15) is 0 Å². The Bertz CT molecular complexity index is 296. The second-order valence-electron chi connectivity index (χ2n) is 2.75. The number of carboxylic acid groups (broad SMARTS) is 2. The molecule has 0 bridgehead atoms. The molecule has 0 amide bonds. The van der Waals surface area contributed by atoms with Crippen LogP contribution in [0.4, 0.5) is 0 Å². The van der Waals surface area contributed by atoms with Gasteiger partial charge in [0.25, 0.3) is 0 Å². The molecule has 0 saturated carbocycles. The number of nitrogens with one attached hydrogen (secondary N) is 2. The Kier molecular flexibility index (Phi) is 5.81. The molecule has 1 aromatic heterocycles. The molecule has 1 aromatic rings. The minimum atomic E-state index is -1.82. The zero-order valence-corrected chi connectivity index (χ0v) is 8.52. The highest BCUT2D eigenvalue weighted by atomic mass is 16.4. The number of rotatable bonds is 2. The van der Waals surface area contributed by atoms with E-state index in [-0.39, 0.29) is 0 Å². The summed E-state index contributed by atoms with van der Waals surface area (Å²) < 4.78 is 0. The monoisotopic (exact) mass is 214 g/mol. The molecule has 15 heavy (non-hydrogen) atoms. The summed E-state index contributed by atoms with van der Waals surface area (Å²) in [5, 5.41) is 17.9. The van der Waals surface area contributed by atoms with E-state index < -0.39 is 11.9 Å². The van der Waals surface area contributed by atoms with E-state index in [4.69, 9.17) is 19.8 Å². The molecule has 0 saturated heterocycles. The molecule has 6 nitrogen and oxygen atoms in total. The third-order valence-electron chi connectivity index (χ3n) is 1.70. The number of carboxylic acids is 2. The van der Waals surface area contributed by atoms with Crippen molar-refractivity contribution in [1.82, 2.24) is 10.3 Å². The molecule has 0 aromatic carbocycles. The van der Waals surface area contributed by atoms with E-state index in [0.717, 1.165) is 0 Å². The Hall–Kier alpha value is -1.82. The average molecular weight is 214 g/mol. The quantitative estimate of drug-likeness (QED) is 0.535. The van der Waals surface area contributed by atoms with Crippen molar-refractivity contribution < 1.29 is 19.8 Å². The predicted octanol–water partition coefficient (Wildman–Crippen LogP) is 0.451. The Balaban J connectivity index is 0.000000288. The van der Waals surface area contributed by atoms with E-state index in [1.807, 2.05) is 19.3 Å². The van der Waals surface area contributed by atoms with Gasteiger partial charge in [0.1, 0.15) is 0 Å². The first-order chi connectivity index (χ1) is 6.99. The van der Waals surface area contributed by atoms with Crippen LogP contribution in [0, 0.1) is 0 Å². The third-order valence-corrected chi connectivity index (χ3v) is 1.70. The largest absolute Gasteiger partial charge is 0.473 e. The maximum absolute atomic E-state index is 9.10. The van der Waals surface area contributed by atoms with Crippen molar-refractivity contribution in [3.63, 3.8) is 0 Å². The average Bonchev–Trinajstić information content (AvgIpc) is 2.70. The molecule has 4 N–H and O–H groups in total. The Morgan fingerprint density at radius 2 is 1.93 bits per heavy atom. The van der Waals surface area contributed by atoms with Crippen LogP contribution >= 0.6 is 0 Å². The molecule has 1 rings (SSSR count). The van der Waals surface area contributed by atoms with Gasteiger partial charge in [0.05, 0.1) is 0 Å². The Morgan fingerprint density at radius 3 is 2.20 bits per heavy atom. The molecule has 0 aliphatic carbocycles. The first kappa shape index (κ1) is 13.2. The number of hydrogen-bond acceptors (Lipinski definition) is 3. The first-order valence-electron chi connectivity index (χ1n) is 4.25. The van der Waals surface area contributed by atoms with E-state index in [9.17, 15) is 0 Å². The van der Waals surface area contributed by atoms with Crippen molar-refractivity contribution >= 4 is 11.9 Å². The Morgan fingerprint density at radius 1 is 1.40 bits per heavy atom. The van der Waals surface area contributed by atoms with E-state index in [1.165, 1.54) is 5.69 Å². The standard InChI is InChI=1S/C7H12N2.C2H2O4/c1-6(8-2)7-4-3-5-9-7;3-1(4)2(5)6/h3-6,8-9H,1-2H3;(H,3,4)(H,5,6). The summed E-state index contributed by atoms with van der Waals surface area (Å²) in [5.41, 5.74) is 1.23. The predicted molar refractivity (Wildman–Crippen MR) is 53.5 cm³/mol. The number of aliphatic carboxylic acids is 2. The minimum absolute atomic E-state index is 0.431. The van der Waals surface area contributed by atoms with Crippen LogP contribution in [0.1, 0.15) is 18.7 Å². The highest BCUT2D eigenvalue weighted by Gasteiger charge is 2.04. The van der Waals surface area contributed by atoms with Crippen LogP contribution in [0.15, 0.2) is 18.3 Å². The minimum Gasteiger partial charge on any atom is -0.473 e. The van der Waals surface area contributed by atoms with Crippen LogP contribution in [0.2, 0.25) is 0 Å². The lowest BCUT2D eigenvalue weighted by Crippen LogP contribution is -2.12. The Labute approximate surface area is 86.9 Å². The number of aromatic amines is 1. The van der Waals surface area contributed by atoms with Crippen molar-refractivity contribution in [2.75, 3.05) is 7.05 Å². The molecular formula is C9H14N2O4. The molecule has 84 valence electrons. The van der Waals surface area contributed by atoms with Gasteiger partial charge in [0.2, 0.25) is 0 Å². The molecular weight excluding hydrogens is 200 g/mol. The lowest BCUT2D eigenvalue weighted by atomic mass is 10.2.